The summed E-state index contributed by atoms with van der Waals surface area (Å²) >= 11 is 0. The zero-order chi connectivity index (χ0) is 32.2. The van der Waals surface area contributed by atoms with Gasteiger partial charge in [-0.3, -0.25) is 4.79 Å². The Morgan fingerprint density at radius 3 is 1.91 bits per heavy atom. The monoisotopic (exact) mass is 610 g/mol. The average Bonchev–Trinajstić information content (AvgIpc) is 3.33. The van der Waals surface area contributed by atoms with E-state index in [1.54, 1.807) is 34.6 Å². The third-order valence-corrected chi connectivity index (χ3v) is 7.73. The molecule has 2 aliphatic rings. The van der Waals surface area contributed by atoms with Crippen molar-refractivity contribution in [3.05, 3.63) is 12.2 Å². The van der Waals surface area contributed by atoms with E-state index in [1.807, 2.05) is 26.8 Å². The van der Waals surface area contributed by atoms with Crippen LogP contribution < -0.4 is 0 Å². The van der Waals surface area contributed by atoms with Gasteiger partial charge >= 0.3 is 11.9 Å². The Balaban J connectivity index is 1.96. The number of carbonyl (C=O) groups is 2. The van der Waals surface area contributed by atoms with Gasteiger partial charge in [0.2, 0.25) is 0 Å². The molecule has 0 bridgehead atoms. The molecule has 2 fully saturated rings. The van der Waals surface area contributed by atoms with Crippen LogP contribution in [0.1, 0.15) is 146 Å². The molecule has 2 atom stereocenters. The molecular formula is C35H62O8. The molecule has 0 aromatic heterocycles. The Kier molecular flexibility index (Phi) is 14.7. The number of unbranched alkanes of at least 4 members (excludes halogenated alkanes) is 8. The van der Waals surface area contributed by atoms with Gasteiger partial charge in [-0.2, -0.15) is 0 Å². The Morgan fingerprint density at radius 1 is 0.791 bits per heavy atom. The van der Waals surface area contributed by atoms with Gasteiger partial charge in [0.15, 0.2) is 17.2 Å². The number of allylic oxidation sites excluding steroid dienone is 1. The SMILES string of the molecule is CCCCCCCC1(CCCCCC/C=C/[C@@H]2COC(C)(C)O[C@]2(CC(=O)OC(C)(C)C)C(=O)OC(C)(C)C)OCCO1. The Bertz CT molecular complexity index is 875. The second kappa shape index (κ2) is 16.7. The van der Waals surface area contributed by atoms with E-state index in [4.69, 9.17) is 28.4 Å². The van der Waals surface area contributed by atoms with Gasteiger partial charge in [-0.25, -0.2) is 4.79 Å². The zero-order valence-corrected chi connectivity index (χ0v) is 28.8. The predicted molar refractivity (Wildman–Crippen MR) is 168 cm³/mol. The minimum atomic E-state index is -1.56. The maximum atomic E-state index is 13.7. The van der Waals surface area contributed by atoms with Crippen LogP contribution in [0.25, 0.3) is 0 Å². The number of rotatable bonds is 17. The van der Waals surface area contributed by atoms with Crippen LogP contribution in [-0.4, -0.2) is 60.1 Å². The quantitative estimate of drug-likeness (QED) is 0.0925. The van der Waals surface area contributed by atoms with Gasteiger partial charge in [-0.1, -0.05) is 57.6 Å². The first-order valence-electron chi connectivity index (χ1n) is 16.8. The number of carbonyl (C=O) groups excluding carboxylic acids is 2. The van der Waals surface area contributed by atoms with E-state index in [-0.39, 0.29) is 18.8 Å². The van der Waals surface area contributed by atoms with Crippen LogP contribution in [0.5, 0.6) is 0 Å². The minimum absolute atomic E-state index is 0.228. The minimum Gasteiger partial charge on any atom is -0.460 e. The van der Waals surface area contributed by atoms with E-state index in [0.717, 1.165) is 51.4 Å². The third-order valence-electron chi connectivity index (χ3n) is 7.73. The van der Waals surface area contributed by atoms with Crippen molar-refractivity contribution in [1.82, 2.24) is 0 Å². The van der Waals surface area contributed by atoms with Crippen molar-refractivity contribution in [2.24, 2.45) is 5.92 Å². The third kappa shape index (κ3) is 13.6. The molecule has 0 unspecified atom stereocenters. The number of hydrogen-bond donors (Lipinski definition) is 0. The molecule has 2 aliphatic heterocycles. The molecule has 2 saturated heterocycles. The summed E-state index contributed by atoms with van der Waals surface area (Å²) in [6.07, 6.45) is 17.1. The first kappa shape index (κ1) is 37.7. The van der Waals surface area contributed by atoms with Gasteiger partial charge in [0.1, 0.15) is 11.2 Å². The van der Waals surface area contributed by atoms with Gasteiger partial charge < -0.3 is 28.4 Å². The fraction of sp³-hybridized carbons (Fsp3) is 0.886. The molecule has 2 rings (SSSR count). The predicted octanol–water partition coefficient (Wildman–Crippen LogP) is 8.20. The highest BCUT2D eigenvalue weighted by Gasteiger charge is 2.57. The van der Waals surface area contributed by atoms with Crippen molar-refractivity contribution in [3.63, 3.8) is 0 Å². The lowest BCUT2D eigenvalue weighted by Gasteiger charge is -2.47. The first-order chi connectivity index (χ1) is 20.0. The summed E-state index contributed by atoms with van der Waals surface area (Å²) in [5, 5.41) is 0. The maximum Gasteiger partial charge on any atom is 0.340 e. The van der Waals surface area contributed by atoms with Crippen LogP contribution in [0, 0.1) is 5.92 Å². The van der Waals surface area contributed by atoms with E-state index in [0.29, 0.717) is 13.2 Å². The molecule has 0 aromatic carbocycles. The maximum absolute atomic E-state index is 13.7. The molecule has 0 N–H and O–H groups in total. The van der Waals surface area contributed by atoms with Gasteiger partial charge in [0.05, 0.1) is 26.2 Å². The smallest absolute Gasteiger partial charge is 0.340 e. The molecule has 0 radical (unpaired) electrons. The van der Waals surface area contributed by atoms with Crippen molar-refractivity contribution >= 4 is 11.9 Å². The molecule has 0 amide bonds. The van der Waals surface area contributed by atoms with Crippen LogP contribution in [-0.2, 0) is 38.0 Å². The van der Waals surface area contributed by atoms with Crippen molar-refractivity contribution in [3.8, 4) is 0 Å². The highest BCUT2D eigenvalue weighted by molar-refractivity contribution is 5.87. The van der Waals surface area contributed by atoms with E-state index >= 15 is 0 Å². The summed E-state index contributed by atoms with van der Waals surface area (Å²) < 4.78 is 35.8. The lowest BCUT2D eigenvalue weighted by Crippen LogP contribution is -2.61. The summed E-state index contributed by atoms with van der Waals surface area (Å²) in [7, 11) is 0. The Hall–Kier alpha value is -1.48. The molecule has 0 aromatic rings. The van der Waals surface area contributed by atoms with Gasteiger partial charge in [-0.15, -0.1) is 0 Å². The number of hydrogen-bond acceptors (Lipinski definition) is 8. The lowest BCUT2D eigenvalue weighted by atomic mass is 9.82. The van der Waals surface area contributed by atoms with E-state index in [2.05, 4.69) is 13.0 Å². The second-order valence-electron chi connectivity index (χ2n) is 14.7. The molecule has 8 nitrogen and oxygen atoms in total. The fourth-order valence-corrected chi connectivity index (χ4v) is 5.75. The molecule has 0 aliphatic carbocycles. The molecular weight excluding hydrogens is 548 g/mol. The molecule has 250 valence electrons. The summed E-state index contributed by atoms with van der Waals surface area (Å²) in [4.78, 5) is 26.8. The van der Waals surface area contributed by atoms with Gasteiger partial charge in [-0.05, 0) is 81.1 Å². The summed E-state index contributed by atoms with van der Waals surface area (Å²) in [6.45, 7) is 18.2. The normalized spacial score (nSPS) is 23.9. The summed E-state index contributed by atoms with van der Waals surface area (Å²) in [5.41, 5.74) is -3.00. The van der Waals surface area contributed by atoms with Crippen LogP contribution in [0.2, 0.25) is 0 Å². The largest absolute Gasteiger partial charge is 0.460 e. The molecule has 0 spiro atoms. The van der Waals surface area contributed by atoms with Crippen LogP contribution in [0.4, 0.5) is 0 Å². The standard InChI is InChI=1S/C35H62O8/c1-10-11-12-16-19-22-34(38-24-25-39-34)23-20-17-14-13-15-18-21-28-27-40-33(8,9)43-35(28,30(37)42-32(5,6)7)26-29(36)41-31(2,3)4/h18,21,28H,10-17,19-20,22-27H2,1-9H3/b21-18+/t28-,35+/m1/s1. The Labute approximate surface area is 261 Å². The van der Waals surface area contributed by atoms with E-state index in [1.165, 1.54) is 25.7 Å². The summed E-state index contributed by atoms with van der Waals surface area (Å²) in [6, 6.07) is 0. The Morgan fingerprint density at radius 2 is 1.35 bits per heavy atom. The molecule has 8 heteroatoms. The van der Waals surface area contributed by atoms with Gasteiger partial charge in [0.25, 0.3) is 0 Å². The lowest BCUT2D eigenvalue weighted by molar-refractivity contribution is -0.323. The zero-order valence-electron chi connectivity index (χ0n) is 28.8. The first-order valence-corrected chi connectivity index (χ1v) is 16.8. The molecule has 2 heterocycles. The van der Waals surface area contributed by atoms with E-state index < -0.39 is 40.4 Å². The molecule has 0 saturated carbocycles. The average molecular weight is 611 g/mol. The van der Waals surface area contributed by atoms with Crippen LogP contribution >= 0.6 is 0 Å². The highest BCUT2D eigenvalue weighted by atomic mass is 16.7. The number of esters is 2. The van der Waals surface area contributed by atoms with Crippen molar-refractivity contribution in [1.29, 1.82) is 0 Å². The molecule has 43 heavy (non-hydrogen) atoms. The van der Waals surface area contributed by atoms with Gasteiger partial charge in [0, 0.05) is 18.8 Å². The highest BCUT2D eigenvalue weighted by Crippen LogP contribution is 2.41. The fourth-order valence-electron chi connectivity index (χ4n) is 5.75. The van der Waals surface area contributed by atoms with Crippen molar-refractivity contribution in [2.75, 3.05) is 19.8 Å². The second-order valence-corrected chi connectivity index (χ2v) is 14.7. The van der Waals surface area contributed by atoms with E-state index in [9.17, 15) is 9.59 Å². The van der Waals surface area contributed by atoms with Crippen LogP contribution in [0.15, 0.2) is 12.2 Å². The summed E-state index contributed by atoms with van der Waals surface area (Å²) in [5.74, 6) is -3.03. The topological polar surface area (TPSA) is 89.5 Å². The van der Waals surface area contributed by atoms with Crippen LogP contribution in [0.3, 0.4) is 0 Å². The number of ether oxygens (including phenoxy) is 6. The van der Waals surface area contributed by atoms with Crippen molar-refractivity contribution < 1.29 is 38.0 Å². The van der Waals surface area contributed by atoms with Crippen molar-refractivity contribution in [2.45, 2.75) is 174 Å².